The van der Waals surface area contributed by atoms with Crippen LogP contribution in [0.25, 0.3) is 0 Å². The zero-order chi connectivity index (χ0) is 17.0. The summed E-state index contributed by atoms with van der Waals surface area (Å²) in [5, 5.41) is 0. The second-order valence-corrected chi connectivity index (χ2v) is 7.72. The van der Waals surface area contributed by atoms with Gasteiger partial charge in [-0.3, -0.25) is 0 Å². The van der Waals surface area contributed by atoms with Crippen LogP contribution in [0, 0.1) is 0 Å². The van der Waals surface area contributed by atoms with Gasteiger partial charge in [0.05, 0.1) is 25.6 Å². The maximum absolute atomic E-state index is 13.1. The summed E-state index contributed by atoms with van der Waals surface area (Å²) >= 11 is 0. The molecule has 0 N–H and O–H groups in total. The van der Waals surface area contributed by atoms with Crippen molar-refractivity contribution in [2.45, 2.75) is 50.1 Å². The second-order valence-electron chi connectivity index (χ2n) is 5.83. The minimum absolute atomic E-state index is 0.00617. The summed E-state index contributed by atoms with van der Waals surface area (Å²) in [6.07, 6.45) is 6.79. The van der Waals surface area contributed by atoms with E-state index < -0.39 is 10.0 Å². The van der Waals surface area contributed by atoms with Crippen molar-refractivity contribution in [1.29, 1.82) is 0 Å². The molecule has 1 fully saturated rings. The molecule has 2 aromatic rings. The monoisotopic (exact) mass is 350 g/mol. The Labute approximate surface area is 142 Å². The van der Waals surface area contributed by atoms with Gasteiger partial charge >= 0.3 is 0 Å². The molecule has 0 bridgehead atoms. The van der Waals surface area contributed by atoms with Gasteiger partial charge in [-0.15, -0.1) is 0 Å². The Morgan fingerprint density at radius 1 is 1.29 bits per heavy atom. The van der Waals surface area contributed by atoms with Gasteiger partial charge in [-0.1, -0.05) is 12.8 Å². The molecule has 1 aliphatic carbocycles. The van der Waals surface area contributed by atoms with Crippen LogP contribution in [0.4, 0.5) is 0 Å². The Kier molecular flexibility index (Phi) is 5.20. The first-order valence-corrected chi connectivity index (χ1v) is 9.68. The van der Waals surface area contributed by atoms with Crippen LogP contribution in [-0.4, -0.2) is 30.4 Å². The fourth-order valence-electron chi connectivity index (χ4n) is 3.05. The lowest BCUT2D eigenvalue weighted by molar-refractivity contribution is 0.291. The van der Waals surface area contributed by atoms with Crippen molar-refractivity contribution in [3.63, 3.8) is 0 Å². The molecule has 2 heterocycles. The van der Waals surface area contributed by atoms with Crippen molar-refractivity contribution in [2.24, 2.45) is 0 Å². The molecule has 0 amide bonds. The van der Waals surface area contributed by atoms with Gasteiger partial charge in [-0.05, 0) is 38.0 Å². The Balaban J connectivity index is 1.89. The minimum Gasteiger partial charge on any atom is -0.478 e. The third-order valence-electron chi connectivity index (χ3n) is 4.23. The van der Waals surface area contributed by atoms with E-state index in [0.29, 0.717) is 18.2 Å². The standard InChI is InChI=1S/C17H22N2O4S/c1-2-22-17-10-9-16(12-18-17)24(20,21)19(14-6-3-4-7-14)13-15-8-5-11-23-15/h5,8-12,14H,2-4,6-7,13H2,1H3. The summed E-state index contributed by atoms with van der Waals surface area (Å²) < 4.78 is 38.4. The average Bonchev–Trinajstić information content (AvgIpc) is 3.27. The van der Waals surface area contributed by atoms with E-state index >= 15 is 0 Å². The fraction of sp³-hybridized carbons (Fsp3) is 0.471. The molecule has 0 atom stereocenters. The van der Waals surface area contributed by atoms with Crippen LogP contribution >= 0.6 is 0 Å². The smallest absolute Gasteiger partial charge is 0.245 e. The average molecular weight is 350 g/mol. The maximum Gasteiger partial charge on any atom is 0.245 e. The molecule has 0 radical (unpaired) electrons. The van der Waals surface area contributed by atoms with Crippen LogP contribution < -0.4 is 4.74 Å². The Morgan fingerprint density at radius 3 is 2.67 bits per heavy atom. The first-order valence-electron chi connectivity index (χ1n) is 8.24. The Hall–Kier alpha value is -1.86. The molecular weight excluding hydrogens is 328 g/mol. The highest BCUT2D eigenvalue weighted by atomic mass is 32.2. The molecule has 2 aromatic heterocycles. The third kappa shape index (κ3) is 3.62. The molecule has 0 aliphatic heterocycles. The Morgan fingerprint density at radius 2 is 2.08 bits per heavy atom. The number of ether oxygens (including phenoxy) is 1. The third-order valence-corrected chi connectivity index (χ3v) is 6.11. The maximum atomic E-state index is 13.1. The van der Waals surface area contributed by atoms with Gasteiger partial charge in [0.1, 0.15) is 10.7 Å². The summed E-state index contributed by atoms with van der Waals surface area (Å²) in [6.45, 7) is 2.59. The predicted molar refractivity (Wildman–Crippen MR) is 89.1 cm³/mol. The molecule has 130 valence electrons. The molecular formula is C17H22N2O4S. The van der Waals surface area contributed by atoms with E-state index in [1.165, 1.54) is 6.20 Å². The lowest BCUT2D eigenvalue weighted by Crippen LogP contribution is -2.38. The molecule has 0 unspecified atom stereocenters. The van der Waals surface area contributed by atoms with E-state index in [1.54, 1.807) is 34.8 Å². The molecule has 1 saturated carbocycles. The van der Waals surface area contributed by atoms with Gasteiger partial charge < -0.3 is 9.15 Å². The number of hydrogen-bond donors (Lipinski definition) is 0. The van der Waals surface area contributed by atoms with Crippen LogP contribution in [-0.2, 0) is 16.6 Å². The summed E-state index contributed by atoms with van der Waals surface area (Å²) in [6, 6.07) is 6.72. The number of pyridine rings is 1. The van der Waals surface area contributed by atoms with E-state index in [1.807, 2.05) is 6.92 Å². The van der Waals surface area contributed by atoms with E-state index in [2.05, 4.69) is 4.98 Å². The minimum atomic E-state index is -3.64. The van der Waals surface area contributed by atoms with Gasteiger partial charge in [0.25, 0.3) is 0 Å². The number of nitrogens with zero attached hydrogens (tertiary/aromatic N) is 2. The van der Waals surface area contributed by atoms with Crippen LogP contribution in [0.15, 0.2) is 46.0 Å². The van der Waals surface area contributed by atoms with Gasteiger partial charge in [0.2, 0.25) is 15.9 Å². The lowest BCUT2D eigenvalue weighted by atomic mass is 10.2. The highest BCUT2D eigenvalue weighted by molar-refractivity contribution is 7.89. The molecule has 24 heavy (non-hydrogen) atoms. The predicted octanol–water partition coefficient (Wildman–Crippen LogP) is 3.21. The molecule has 0 aromatic carbocycles. The van der Waals surface area contributed by atoms with Gasteiger partial charge in [0, 0.05) is 12.1 Å². The number of sulfonamides is 1. The first kappa shape index (κ1) is 17.0. The summed E-state index contributed by atoms with van der Waals surface area (Å²) in [4.78, 5) is 4.27. The highest BCUT2D eigenvalue weighted by Gasteiger charge is 2.34. The van der Waals surface area contributed by atoms with Crippen LogP contribution in [0.5, 0.6) is 5.88 Å². The van der Waals surface area contributed by atoms with Crippen LogP contribution in [0.3, 0.4) is 0 Å². The van der Waals surface area contributed by atoms with Crippen molar-refractivity contribution in [3.05, 3.63) is 42.5 Å². The van der Waals surface area contributed by atoms with E-state index in [0.717, 1.165) is 25.7 Å². The normalized spacial score (nSPS) is 15.9. The molecule has 0 spiro atoms. The van der Waals surface area contributed by atoms with E-state index in [4.69, 9.17) is 9.15 Å². The number of furan rings is 1. The zero-order valence-corrected chi connectivity index (χ0v) is 14.5. The fourth-order valence-corrected chi connectivity index (χ4v) is 4.64. The zero-order valence-electron chi connectivity index (χ0n) is 13.7. The highest BCUT2D eigenvalue weighted by Crippen LogP contribution is 2.30. The van der Waals surface area contributed by atoms with Gasteiger partial charge in [0.15, 0.2) is 0 Å². The topological polar surface area (TPSA) is 72.6 Å². The SMILES string of the molecule is CCOc1ccc(S(=O)(=O)N(Cc2ccco2)C2CCCC2)cn1. The van der Waals surface area contributed by atoms with Crippen molar-refractivity contribution in [2.75, 3.05) is 6.61 Å². The lowest BCUT2D eigenvalue weighted by Gasteiger charge is -2.27. The van der Waals surface area contributed by atoms with E-state index in [9.17, 15) is 8.42 Å². The van der Waals surface area contributed by atoms with Crippen LogP contribution in [0.2, 0.25) is 0 Å². The Bertz CT molecular complexity index is 735. The first-order chi connectivity index (χ1) is 11.6. The largest absolute Gasteiger partial charge is 0.478 e. The quantitative estimate of drug-likeness (QED) is 0.767. The molecule has 1 aliphatic rings. The summed E-state index contributed by atoms with van der Waals surface area (Å²) in [5.74, 6) is 1.07. The van der Waals surface area contributed by atoms with E-state index in [-0.39, 0.29) is 17.5 Å². The second kappa shape index (κ2) is 7.36. The van der Waals surface area contributed by atoms with Crippen molar-refractivity contribution in [3.8, 4) is 5.88 Å². The van der Waals surface area contributed by atoms with Gasteiger partial charge in [-0.2, -0.15) is 4.31 Å². The number of aromatic nitrogens is 1. The number of hydrogen-bond acceptors (Lipinski definition) is 5. The van der Waals surface area contributed by atoms with Crippen LogP contribution in [0.1, 0.15) is 38.4 Å². The molecule has 3 rings (SSSR count). The molecule has 0 saturated heterocycles. The molecule has 6 nitrogen and oxygen atoms in total. The number of rotatable bonds is 7. The molecule has 7 heteroatoms. The summed E-state index contributed by atoms with van der Waals surface area (Å²) in [7, 11) is -3.64. The van der Waals surface area contributed by atoms with Crippen molar-refractivity contribution < 1.29 is 17.6 Å². The van der Waals surface area contributed by atoms with Crippen molar-refractivity contribution >= 4 is 10.0 Å². The van der Waals surface area contributed by atoms with Gasteiger partial charge in [-0.25, -0.2) is 13.4 Å². The van der Waals surface area contributed by atoms with Crippen molar-refractivity contribution in [1.82, 2.24) is 9.29 Å². The summed E-state index contributed by atoms with van der Waals surface area (Å²) in [5.41, 5.74) is 0.